The number of amides is 2. The number of primary amides is 1. The molecule has 1 aromatic rings. The van der Waals surface area contributed by atoms with Crippen LogP contribution in [0.3, 0.4) is 0 Å². The zero-order valence-electron chi connectivity index (χ0n) is 11.8. The van der Waals surface area contributed by atoms with Gasteiger partial charge in [-0.05, 0) is 37.0 Å². The monoisotopic (exact) mass is 288 g/mol. The molecule has 0 radical (unpaired) electrons. The molecule has 2 saturated heterocycles. The molecule has 3 rings (SSSR count). The summed E-state index contributed by atoms with van der Waals surface area (Å²) < 4.78 is 0. The Morgan fingerprint density at radius 1 is 1.33 bits per heavy atom. The van der Waals surface area contributed by atoms with Crippen LogP contribution in [0.4, 0.5) is 11.4 Å². The summed E-state index contributed by atoms with van der Waals surface area (Å²) in [5, 5.41) is 3.07. The number of rotatable bonds is 2. The first-order chi connectivity index (χ1) is 10.0. The fourth-order valence-electron chi connectivity index (χ4n) is 3.32. The molecule has 6 nitrogen and oxygen atoms in total. The molecule has 2 aliphatic heterocycles. The number of carbonyl (C=O) groups excluding carboxylic acids is 2. The van der Waals surface area contributed by atoms with Gasteiger partial charge in [0.05, 0.1) is 11.4 Å². The molecule has 2 amide bonds. The molecule has 5 N–H and O–H groups in total. The van der Waals surface area contributed by atoms with Crippen LogP contribution in [0.2, 0.25) is 0 Å². The summed E-state index contributed by atoms with van der Waals surface area (Å²) in [6.45, 7) is 1.73. The minimum absolute atomic E-state index is 0.162. The standard InChI is InChI=1S/C15H20N4O2/c16-11-7-9(15(17)21)1-3-13(11)19-6-5-12-10(8-19)2-4-14(20)18-12/h1,3,7,10,12H,2,4-6,8,16H2,(H2,17,21)(H,18,20). The third-order valence-corrected chi connectivity index (χ3v) is 4.48. The van der Waals surface area contributed by atoms with Crippen LogP contribution in [-0.2, 0) is 4.79 Å². The number of hydrogen-bond donors (Lipinski definition) is 3. The maximum atomic E-state index is 11.4. The Balaban J connectivity index is 1.76. The van der Waals surface area contributed by atoms with Gasteiger partial charge in [0, 0.05) is 31.1 Å². The second-order valence-electron chi connectivity index (χ2n) is 5.85. The number of fused-ring (bicyclic) bond motifs is 1. The summed E-state index contributed by atoms with van der Waals surface area (Å²) in [5.41, 5.74) is 13.3. The van der Waals surface area contributed by atoms with Gasteiger partial charge >= 0.3 is 0 Å². The normalized spacial score (nSPS) is 25.1. The van der Waals surface area contributed by atoms with E-state index in [9.17, 15) is 9.59 Å². The summed E-state index contributed by atoms with van der Waals surface area (Å²) in [7, 11) is 0. The predicted octanol–water partition coefficient (Wildman–Crippen LogP) is 0.473. The van der Waals surface area contributed by atoms with Gasteiger partial charge in [0.2, 0.25) is 11.8 Å². The summed E-state index contributed by atoms with van der Waals surface area (Å²) >= 11 is 0. The van der Waals surface area contributed by atoms with Gasteiger partial charge in [-0.25, -0.2) is 0 Å². The number of nitrogens with one attached hydrogen (secondary N) is 1. The predicted molar refractivity (Wildman–Crippen MR) is 80.9 cm³/mol. The molecule has 112 valence electrons. The topological polar surface area (TPSA) is 101 Å². The Morgan fingerprint density at radius 3 is 2.86 bits per heavy atom. The molecule has 2 aliphatic rings. The highest BCUT2D eigenvalue weighted by atomic mass is 16.2. The van der Waals surface area contributed by atoms with E-state index in [1.54, 1.807) is 12.1 Å². The maximum Gasteiger partial charge on any atom is 0.248 e. The Labute approximate surface area is 123 Å². The zero-order chi connectivity index (χ0) is 15.0. The average molecular weight is 288 g/mol. The highest BCUT2D eigenvalue weighted by Crippen LogP contribution is 2.32. The van der Waals surface area contributed by atoms with E-state index in [1.807, 2.05) is 6.07 Å². The summed E-state index contributed by atoms with van der Waals surface area (Å²) in [5.74, 6) is 0.156. The second kappa shape index (κ2) is 5.27. The molecule has 21 heavy (non-hydrogen) atoms. The van der Waals surface area contributed by atoms with Crippen molar-refractivity contribution < 1.29 is 9.59 Å². The van der Waals surface area contributed by atoms with Crippen molar-refractivity contribution in [2.45, 2.75) is 25.3 Å². The highest BCUT2D eigenvalue weighted by molar-refractivity contribution is 5.94. The van der Waals surface area contributed by atoms with Crippen molar-refractivity contribution in [2.24, 2.45) is 11.7 Å². The summed E-state index contributed by atoms with van der Waals surface area (Å²) in [4.78, 5) is 24.8. The van der Waals surface area contributed by atoms with Crippen LogP contribution in [0.1, 0.15) is 29.6 Å². The van der Waals surface area contributed by atoms with Crippen LogP contribution < -0.4 is 21.7 Å². The minimum atomic E-state index is -0.470. The van der Waals surface area contributed by atoms with Crippen LogP contribution in [-0.4, -0.2) is 30.9 Å². The molecular weight excluding hydrogens is 268 g/mol. The van der Waals surface area contributed by atoms with Crippen LogP contribution in [0.5, 0.6) is 0 Å². The first kappa shape index (κ1) is 13.7. The Morgan fingerprint density at radius 2 is 2.14 bits per heavy atom. The molecule has 2 fully saturated rings. The van der Waals surface area contributed by atoms with Crippen LogP contribution >= 0.6 is 0 Å². The lowest BCUT2D eigenvalue weighted by Gasteiger charge is -2.42. The third kappa shape index (κ3) is 2.66. The van der Waals surface area contributed by atoms with Crippen LogP contribution in [0, 0.1) is 5.92 Å². The lowest BCUT2D eigenvalue weighted by molar-refractivity contribution is -0.124. The van der Waals surface area contributed by atoms with Crippen LogP contribution in [0.25, 0.3) is 0 Å². The molecule has 1 aromatic carbocycles. The quantitative estimate of drug-likeness (QED) is 0.689. The minimum Gasteiger partial charge on any atom is -0.397 e. The first-order valence-corrected chi connectivity index (χ1v) is 7.28. The second-order valence-corrected chi connectivity index (χ2v) is 5.85. The lowest BCUT2D eigenvalue weighted by atomic mass is 9.85. The van der Waals surface area contributed by atoms with Gasteiger partial charge < -0.3 is 21.7 Å². The maximum absolute atomic E-state index is 11.4. The van der Waals surface area contributed by atoms with E-state index in [2.05, 4.69) is 10.2 Å². The van der Waals surface area contributed by atoms with Gasteiger partial charge in [-0.3, -0.25) is 9.59 Å². The molecule has 0 saturated carbocycles. The molecule has 6 heteroatoms. The van der Waals surface area contributed by atoms with Crippen molar-refractivity contribution in [3.8, 4) is 0 Å². The van der Waals surface area contributed by atoms with Crippen molar-refractivity contribution in [3.05, 3.63) is 23.8 Å². The molecule has 2 heterocycles. The van der Waals surface area contributed by atoms with Crippen LogP contribution in [0.15, 0.2) is 18.2 Å². The van der Waals surface area contributed by atoms with Crippen molar-refractivity contribution in [1.82, 2.24) is 5.32 Å². The fourth-order valence-corrected chi connectivity index (χ4v) is 3.32. The third-order valence-electron chi connectivity index (χ3n) is 4.48. The summed E-state index contributed by atoms with van der Waals surface area (Å²) in [6, 6.07) is 5.49. The fraction of sp³-hybridized carbons (Fsp3) is 0.467. The Bertz CT molecular complexity index is 587. The van der Waals surface area contributed by atoms with Gasteiger partial charge in [0.15, 0.2) is 0 Å². The number of benzene rings is 1. The molecule has 2 unspecified atom stereocenters. The Kier molecular flexibility index (Phi) is 3.45. The van der Waals surface area contributed by atoms with E-state index < -0.39 is 5.91 Å². The van der Waals surface area contributed by atoms with E-state index in [0.29, 0.717) is 23.6 Å². The molecule has 2 atom stereocenters. The number of nitrogens with zero attached hydrogens (tertiary/aromatic N) is 1. The number of nitrogen functional groups attached to an aromatic ring is 1. The van der Waals surface area contributed by atoms with E-state index in [1.165, 1.54) is 0 Å². The van der Waals surface area contributed by atoms with Gasteiger partial charge in [0.1, 0.15) is 0 Å². The zero-order valence-corrected chi connectivity index (χ0v) is 11.8. The molecule has 0 bridgehead atoms. The molecular formula is C15H20N4O2. The smallest absolute Gasteiger partial charge is 0.248 e. The van der Waals surface area contributed by atoms with E-state index in [0.717, 1.165) is 31.6 Å². The van der Waals surface area contributed by atoms with Crippen molar-refractivity contribution in [3.63, 3.8) is 0 Å². The largest absolute Gasteiger partial charge is 0.397 e. The van der Waals surface area contributed by atoms with Gasteiger partial charge in [0.25, 0.3) is 0 Å². The number of carbonyl (C=O) groups is 2. The van der Waals surface area contributed by atoms with Crippen molar-refractivity contribution in [2.75, 3.05) is 23.7 Å². The SMILES string of the molecule is NC(=O)c1ccc(N2CCC3NC(=O)CCC3C2)c(N)c1. The number of anilines is 2. The number of hydrogen-bond acceptors (Lipinski definition) is 4. The van der Waals surface area contributed by atoms with E-state index in [4.69, 9.17) is 11.5 Å². The van der Waals surface area contributed by atoms with Gasteiger partial charge in [-0.1, -0.05) is 0 Å². The van der Waals surface area contributed by atoms with Gasteiger partial charge in [-0.2, -0.15) is 0 Å². The molecule has 0 aliphatic carbocycles. The van der Waals surface area contributed by atoms with Gasteiger partial charge in [-0.15, -0.1) is 0 Å². The van der Waals surface area contributed by atoms with E-state index in [-0.39, 0.29) is 11.9 Å². The molecule has 0 aromatic heterocycles. The highest BCUT2D eigenvalue weighted by Gasteiger charge is 2.34. The Hall–Kier alpha value is -2.24. The van der Waals surface area contributed by atoms with Crippen molar-refractivity contribution in [1.29, 1.82) is 0 Å². The number of nitrogens with two attached hydrogens (primary N) is 2. The molecule has 0 spiro atoms. The summed E-state index contributed by atoms with van der Waals surface area (Å²) in [6.07, 6.45) is 2.45. The average Bonchev–Trinajstić information content (AvgIpc) is 2.46. The number of piperidine rings is 2. The van der Waals surface area contributed by atoms with Crippen molar-refractivity contribution >= 4 is 23.2 Å². The first-order valence-electron chi connectivity index (χ1n) is 7.28. The lowest BCUT2D eigenvalue weighted by Crippen LogP contribution is -2.54. The van der Waals surface area contributed by atoms with E-state index >= 15 is 0 Å².